The predicted molar refractivity (Wildman–Crippen MR) is 79.2 cm³/mol. The van der Waals surface area contributed by atoms with E-state index in [2.05, 4.69) is 10.6 Å². The molecular weight excluding hydrogens is 276 g/mol. The monoisotopic (exact) mass is 302 g/mol. The Balaban J connectivity index is 1.87. The van der Waals surface area contributed by atoms with Gasteiger partial charge in [0, 0.05) is 18.8 Å². The van der Waals surface area contributed by atoms with Crippen molar-refractivity contribution in [3.8, 4) is 0 Å². The summed E-state index contributed by atoms with van der Waals surface area (Å²) in [6, 6.07) is 0.320. The zero-order valence-electron chi connectivity index (χ0n) is 12.6. The van der Waals surface area contributed by atoms with Crippen molar-refractivity contribution in [1.82, 2.24) is 10.6 Å². The molecule has 2 rings (SSSR count). The molecule has 1 aliphatic heterocycles. The third-order valence-corrected chi connectivity index (χ3v) is 7.02. The van der Waals surface area contributed by atoms with E-state index in [1.165, 1.54) is 25.5 Å². The Hall–Kier alpha value is -0.620. The Morgan fingerprint density at radius 3 is 2.55 bits per heavy atom. The molecule has 6 heteroatoms. The maximum Gasteiger partial charge on any atom is 0.237 e. The van der Waals surface area contributed by atoms with Crippen LogP contribution in [0.1, 0.15) is 46.0 Å². The van der Waals surface area contributed by atoms with E-state index >= 15 is 0 Å². The zero-order chi connectivity index (χ0) is 15.0. The van der Waals surface area contributed by atoms with Crippen LogP contribution in [0.25, 0.3) is 0 Å². The van der Waals surface area contributed by atoms with Crippen LogP contribution in [0.5, 0.6) is 0 Å². The molecule has 0 aromatic carbocycles. The van der Waals surface area contributed by atoms with Gasteiger partial charge in [0.15, 0.2) is 9.84 Å². The zero-order valence-corrected chi connectivity index (χ0v) is 13.4. The summed E-state index contributed by atoms with van der Waals surface area (Å²) in [5, 5.41) is 6.21. The Bertz CT molecular complexity index is 459. The lowest BCUT2D eigenvalue weighted by Crippen LogP contribution is -2.49. The number of carbonyl (C=O) groups is 1. The SMILES string of the molecule is CC(C)(CNC(=O)[C@@H]1C[C@H]2CCCC[C@H]2N1)S(C)(=O)=O. The van der Waals surface area contributed by atoms with Crippen molar-refractivity contribution in [3.05, 3.63) is 0 Å². The van der Waals surface area contributed by atoms with Crippen molar-refractivity contribution < 1.29 is 13.2 Å². The molecule has 1 saturated heterocycles. The number of amides is 1. The summed E-state index contributed by atoms with van der Waals surface area (Å²) in [7, 11) is -3.18. The first-order valence-corrected chi connectivity index (χ1v) is 9.33. The fourth-order valence-electron chi connectivity index (χ4n) is 3.08. The molecule has 1 saturated carbocycles. The standard InChI is InChI=1S/C14H26N2O3S/c1-14(2,20(3,18)19)9-15-13(17)12-8-10-6-4-5-7-11(10)16-12/h10-12,16H,4-9H2,1-3H3,(H,15,17)/t10-,11-,12+/m1/s1. The highest BCUT2D eigenvalue weighted by molar-refractivity contribution is 7.92. The number of rotatable bonds is 4. The van der Waals surface area contributed by atoms with Crippen LogP contribution in [0.4, 0.5) is 0 Å². The molecule has 0 aromatic rings. The highest BCUT2D eigenvalue weighted by Crippen LogP contribution is 2.33. The molecule has 0 radical (unpaired) electrons. The van der Waals surface area contributed by atoms with E-state index in [1.807, 2.05) is 0 Å². The second-order valence-electron chi connectivity index (χ2n) is 6.86. The van der Waals surface area contributed by atoms with Crippen LogP contribution in [0.15, 0.2) is 0 Å². The van der Waals surface area contributed by atoms with Crippen LogP contribution >= 0.6 is 0 Å². The molecule has 2 aliphatic rings. The Labute approximate surface area is 121 Å². The van der Waals surface area contributed by atoms with Crippen molar-refractivity contribution in [2.75, 3.05) is 12.8 Å². The van der Waals surface area contributed by atoms with E-state index in [1.54, 1.807) is 13.8 Å². The summed E-state index contributed by atoms with van der Waals surface area (Å²) in [5.41, 5.74) is 0. The van der Waals surface area contributed by atoms with Gasteiger partial charge in [0.25, 0.3) is 0 Å². The summed E-state index contributed by atoms with van der Waals surface area (Å²) in [4.78, 5) is 12.2. The lowest BCUT2D eigenvalue weighted by Gasteiger charge is -2.24. The largest absolute Gasteiger partial charge is 0.353 e. The van der Waals surface area contributed by atoms with E-state index in [4.69, 9.17) is 0 Å². The van der Waals surface area contributed by atoms with Gasteiger partial charge in [-0.05, 0) is 39.0 Å². The number of hydrogen-bond donors (Lipinski definition) is 2. The number of fused-ring (bicyclic) bond motifs is 1. The Kier molecular flexibility index (Phi) is 4.44. The van der Waals surface area contributed by atoms with E-state index in [0.29, 0.717) is 12.0 Å². The van der Waals surface area contributed by atoms with Crippen LogP contribution < -0.4 is 10.6 Å². The first-order chi connectivity index (χ1) is 9.21. The molecule has 3 atom stereocenters. The topological polar surface area (TPSA) is 75.3 Å². The summed E-state index contributed by atoms with van der Waals surface area (Å²) in [5.74, 6) is 0.554. The first kappa shape index (κ1) is 15.8. The van der Waals surface area contributed by atoms with Crippen LogP contribution in [-0.2, 0) is 14.6 Å². The minimum Gasteiger partial charge on any atom is -0.353 e. The van der Waals surface area contributed by atoms with Gasteiger partial charge in [-0.1, -0.05) is 12.8 Å². The average Bonchev–Trinajstić information content (AvgIpc) is 2.78. The normalized spacial score (nSPS) is 30.9. The molecule has 2 N–H and O–H groups in total. The van der Waals surface area contributed by atoms with Crippen molar-refractivity contribution in [2.24, 2.45) is 5.92 Å². The van der Waals surface area contributed by atoms with Gasteiger partial charge in [0.1, 0.15) is 0 Å². The van der Waals surface area contributed by atoms with Crippen LogP contribution in [0.2, 0.25) is 0 Å². The number of nitrogens with one attached hydrogen (secondary N) is 2. The second-order valence-corrected chi connectivity index (χ2v) is 9.51. The van der Waals surface area contributed by atoms with Gasteiger partial charge < -0.3 is 10.6 Å². The Morgan fingerprint density at radius 2 is 1.95 bits per heavy atom. The summed E-state index contributed by atoms with van der Waals surface area (Å²) in [6.45, 7) is 3.45. The highest BCUT2D eigenvalue weighted by Gasteiger charge is 2.39. The first-order valence-electron chi connectivity index (χ1n) is 7.44. The molecular formula is C14H26N2O3S. The summed E-state index contributed by atoms with van der Waals surface area (Å²) in [6.07, 6.45) is 6.96. The van der Waals surface area contributed by atoms with Crippen molar-refractivity contribution in [2.45, 2.75) is 62.8 Å². The van der Waals surface area contributed by atoms with E-state index < -0.39 is 14.6 Å². The maximum atomic E-state index is 12.2. The Morgan fingerprint density at radius 1 is 1.30 bits per heavy atom. The predicted octanol–water partition coefficient (Wildman–Crippen LogP) is 0.847. The maximum absolute atomic E-state index is 12.2. The van der Waals surface area contributed by atoms with Crippen molar-refractivity contribution >= 4 is 15.7 Å². The molecule has 1 aliphatic carbocycles. The molecule has 0 unspecified atom stereocenters. The molecule has 0 aromatic heterocycles. The summed E-state index contributed by atoms with van der Waals surface area (Å²) < 4.78 is 22.3. The quantitative estimate of drug-likeness (QED) is 0.807. The molecule has 0 spiro atoms. The van der Waals surface area contributed by atoms with E-state index in [0.717, 1.165) is 12.8 Å². The lowest BCUT2D eigenvalue weighted by molar-refractivity contribution is -0.123. The minimum absolute atomic E-state index is 0.0591. The van der Waals surface area contributed by atoms with Crippen LogP contribution in [-0.4, -0.2) is 44.0 Å². The molecule has 20 heavy (non-hydrogen) atoms. The van der Waals surface area contributed by atoms with Crippen molar-refractivity contribution in [1.29, 1.82) is 0 Å². The third-order valence-electron chi connectivity index (χ3n) is 4.87. The fraction of sp³-hybridized carbons (Fsp3) is 0.929. The number of hydrogen-bond acceptors (Lipinski definition) is 4. The molecule has 2 fully saturated rings. The van der Waals surface area contributed by atoms with Gasteiger partial charge >= 0.3 is 0 Å². The third kappa shape index (κ3) is 3.34. The summed E-state index contributed by atoms with van der Waals surface area (Å²) >= 11 is 0. The van der Waals surface area contributed by atoms with Gasteiger partial charge in [-0.15, -0.1) is 0 Å². The van der Waals surface area contributed by atoms with Gasteiger partial charge in [-0.25, -0.2) is 8.42 Å². The van der Waals surface area contributed by atoms with Gasteiger partial charge in [-0.2, -0.15) is 0 Å². The second kappa shape index (κ2) is 5.64. The average molecular weight is 302 g/mol. The van der Waals surface area contributed by atoms with Crippen LogP contribution in [0, 0.1) is 5.92 Å². The lowest BCUT2D eigenvalue weighted by atomic mass is 9.85. The highest BCUT2D eigenvalue weighted by atomic mass is 32.2. The smallest absolute Gasteiger partial charge is 0.237 e. The molecule has 5 nitrogen and oxygen atoms in total. The molecule has 116 valence electrons. The molecule has 0 bridgehead atoms. The van der Waals surface area contributed by atoms with Gasteiger partial charge in [0.2, 0.25) is 5.91 Å². The number of carbonyl (C=O) groups excluding carboxylic acids is 1. The molecule has 1 amide bonds. The van der Waals surface area contributed by atoms with Crippen molar-refractivity contribution in [3.63, 3.8) is 0 Å². The molecule has 1 heterocycles. The van der Waals surface area contributed by atoms with Gasteiger partial charge in [0.05, 0.1) is 10.8 Å². The fourth-order valence-corrected chi connectivity index (χ4v) is 3.41. The van der Waals surface area contributed by atoms with Crippen LogP contribution in [0.3, 0.4) is 0 Å². The minimum atomic E-state index is -3.18. The van der Waals surface area contributed by atoms with E-state index in [-0.39, 0.29) is 18.5 Å². The van der Waals surface area contributed by atoms with Gasteiger partial charge in [-0.3, -0.25) is 4.79 Å². The van der Waals surface area contributed by atoms with E-state index in [9.17, 15) is 13.2 Å². The number of sulfone groups is 1.